The normalized spacial score (nSPS) is 20.9. The summed E-state index contributed by atoms with van der Waals surface area (Å²) in [6, 6.07) is 6.33. The Bertz CT molecular complexity index is 445. The summed E-state index contributed by atoms with van der Waals surface area (Å²) in [5.74, 6) is 0.745. The van der Waals surface area contributed by atoms with E-state index in [1.165, 1.54) is 24.8 Å². The van der Waals surface area contributed by atoms with Crippen LogP contribution in [-0.4, -0.2) is 31.1 Å². The second-order valence-electron chi connectivity index (χ2n) is 5.59. The van der Waals surface area contributed by atoms with E-state index in [9.17, 15) is 0 Å². The Labute approximate surface area is 149 Å². The van der Waals surface area contributed by atoms with Gasteiger partial charge in [-0.05, 0) is 42.5 Å². The van der Waals surface area contributed by atoms with Crippen LogP contribution in [0.5, 0.6) is 0 Å². The maximum Gasteiger partial charge on any atom is 0.0455 e. The molecule has 2 aliphatic rings. The van der Waals surface area contributed by atoms with Crippen molar-refractivity contribution in [2.24, 2.45) is 5.92 Å². The maximum atomic E-state index is 6.43. The van der Waals surface area contributed by atoms with Gasteiger partial charge in [0, 0.05) is 42.3 Å². The van der Waals surface area contributed by atoms with Crippen molar-refractivity contribution < 1.29 is 0 Å². The number of nitrogens with zero attached hydrogens (tertiary/aromatic N) is 1. The van der Waals surface area contributed by atoms with E-state index in [2.05, 4.69) is 16.3 Å². The van der Waals surface area contributed by atoms with Gasteiger partial charge < -0.3 is 5.32 Å². The molecule has 0 spiro atoms. The highest BCUT2D eigenvalue weighted by Gasteiger charge is 2.34. The molecule has 0 amide bonds. The predicted octanol–water partition coefficient (Wildman–Crippen LogP) is 4.58. The standard InChI is InChI=1S/C15H20Cl2N2.2ClH/c16-12-4-5-14(17)13(10-12)15(11-2-1-3-11)19-8-6-18-7-9-19;;/h4-5,10-11,15,18H,1-3,6-9H2;2*1H/t15-;;/m1../s1. The van der Waals surface area contributed by atoms with Crippen LogP contribution in [0, 0.1) is 5.92 Å². The first-order valence-corrected chi connectivity index (χ1v) is 7.91. The van der Waals surface area contributed by atoms with E-state index in [1.54, 1.807) is 0 Å². The first-order chi connectivity index (χ1) is 9.25. The highest BCUT2D eigenvalue weighted by Crippen LogP contribution is 2.44. The first kappa shape index (κ1) is 19.3. The topological polar surface area (TPSA) is 15.3 Å². The van der Waals surface area contributed by atoms with E-state index in [1.807, 2.05) is 12.1 Å². The van der Waals surface area contributed by atoms with E-state index in [4.69, 9.17) is 23.2 Å². The summed E-state index contributed by atoms with van der Waals surface area (Å²) in [5.41, 5.74) is 1.22. The Balaban J connectivity index is 0.00000110. The van der Waals surface area contributed by atoms with Crippen LogP contribution in [0.25, 0.3) is 0 Å². The third-order valence-corrected chi connectivity index (χ3v) is 5.00. The highest BCUT2D eigenvalue weighted by molar-refractivity contribution is 6.33. The average molecular weight is 372 g/mol. The van der Waals surface area contributed by atoms with E-state index < -0.39 is 0 Å². The monoisotopic (exact) mass is 370 g/mol. The van der Waals surface area contributed by atoms with Crippen molar-refractivity contribution in [2.45, 2.75) is 25.3 Å². The molecular formula is C15H22Cl4N2. The lowest BCUT2D eigenvalue weighted by molar-refractivity contribution is 0.0838. The fourth-order valence-electron chi connectivity index (χ4n) is 3.21. The average Bonchev–Trinajstić information content (AvgIpc) is 2.38. The highest BCUT2D eigenvalue weighted by atomic mass is 35.5. The molecule has 120 valence electrons. The van der Waals surface area contributed by atoms with Crippen molar-refractivity contribution in [1.82, 2.24) is 10.2 Å². The molecule has 21 heavy (non-hydrogen) atoms. The molecule has 1 heterocycles. The molecule has 1 N–H and O–H groups in total. The van der Waals surface area contributed by atoms with Crippen molar-refractivity contribution in [3.8, 4) is 0 Å². The molecule has 1 aliphatic carbocycles. The molecular weight excluding hydrogens is 350 g/mol. The molecule has 0 bridgehead atoms. The van der Waals surface area contributed by atoms with Gasteiger partial charge in [-0.3, -0.25) is 4.90 Å². The zero-order chi connectivity index (χ0) is 13.2. The fraction of sp³-hybridized carbons (Fsp3) is 0.600. The lowest BCUT2D eigenvalue weighted by atomic mass is 9.76. The van der Waals surface area contributed by atoms with Gasteiger partial charge in [-0.15, -0.1) is 24.8 Å². The third-order valence-electron chi connectivity index (χ3n) is 4.42. The van der Waals surface area contributed by atoms with Gasteiger partial charge in [-0.25, -0.2) is 0 Å². The zero-order valence-corrected chi connectivity index (χ0v) is 15.0. The molecule has 1 aliphatic heterocycles. The molecule has 1 atom stereocenters. The number of hydrogen-bond acceptors (Lipinski definition) is 2. The molecule has 1 aromatic carbocycles. The Hall–Kier alpha value is 0.300. The molecule has 1 saturated heterocycles. The van der Waals surface area contributed by atoms with Gasteiger partial charge in [0.1, 0.15) is 0 Å². The van der Waals surface area contributed by atoms with Crippen LogP contribution in [-0.2, 0) is 0 Å². The van der Waals surface area contributed by atoms with Crippen molar-refractivity contribution in [3.63, 3.8) is 0 Å². The molecule has 1 saturated carbocycles. The van der Waals surface area contributed by atoms with Gasteiger partial charge in [0.2, 0.25) is 0 Å². The largest absolute Gasteiger partial charge is 0.314 e. The van der Waals surface area contributed by atoms with Crippen LogP contribution >= 0.6 is 48.0 Å². The fourth-order valence-corrected chi connectivity index (χ4v) is 3.62. The van der Waals surface area contributed by atoms with E-state index in [0.717, 1.165) is 42.1 Å². The summed E-state index contributed by atoms with van der Waals surface area (Å²) in [6.45, 7) is 4.34. The maximum absolute atomic E-state index is 6.43. The number of hydrogen-bond donors (Lipinski definition) is 1. The Kier molecular flexibility index (Phi) is 8.11. The Morgan fingerprint density at radius 2 is 1.76 bits per heavy atom. The number of benzene rings is 1. The summed E-state index contributed by atoms with van der Waals surface area (Å²) in [5, 5.41) is 5.07. The van der Waals surface area contributed by atoms with Crippen molar-refractivity contribution in [1.29, 1.82) is 0 Å². The Morgan fingerprint density at radius 1 is 1.10 bits per heavy atom. The minimum atomic E-state index is 0. The summed E-state index contributed by atoms with van der Waals surface area (Å²) >= 11 is 12.6. The van der Waals surface area contributed by atoms with Crippen LogP contribution in [0.3, 0.4) is 0 Å². The van der Waals surface area contributed by atoms with Crippen molar-refractivity contribution in [2.75, 3.05) is 26.2 Å². The van der Waals surface area contributed by atoms with Crippen LogP contribution in [0.2, 0.25) is 10.0 Å². The predicted molar refractivity (Wildman–Crippen MR) is 95.5 cm³/mol. The summed E-state index contributed by atoms with van der Waals surface area (Å²) in [6.07, 6.45) is 3.99. The number of rotatable bonds is 3. The lowest BCUT2D eigenvalue weighted by Crippen LogP contribution is -2.47. The van der Waals surface area contributed by atoms with Crippen LogP contribution in [0.4, 0.5) is 0 Å². The van der Waals surface area contributed by atoms with Crippen molar-refractivity contribution in [3.05, 3.63) is 33.8 Å². The van der Waals surface area contributed by atoms with E-state index in [0.29, 0.717) is 6.04 Å². The van der Waals surface area contributed by atoms with E-state index in [-0.39, 0.29) is 24.8 Å². The second kappa shape index (κ2) is 8.81. The number of nitrogens with one attached hydrogen (secondary N) is 1. The first-order valence-electron chi connectivity index (χ1n) is 7.15. The summed E-state index contributed by atoms with van der Waals surface area (Å²) in [4.78, 5) is 2.58. The quantitative estimate of drug-likeness (QED) is 0.836. The molecule has 3 rings (SSSR count). The lowest BCUT2D eigenvalue weighted by Gasteiger charge is -2.43. The molecule has 6 heteroatoms. The van der Waals surface area contributed by atoms with Crippen LogP contribution in [0.15, 0.2) is 18.2 Å². The van der Waals surface area contributed by atoms with Crippen LogP contribution in [0.1, 0.15) is 30.9 Å². The van der Waals surface area contributed by atoms with Gasteiger partial charge in [0.15, 0.2) is 0 Å². The van der Waals surface area contributed by atoms with Crippen LogP contribution < -0.4 is 5.32 Å². The van der Waals surface area contributed by atoms with Gasteiger partial charge in [0.05, 0.1) is 0 Å². The zero-order valence-electron chi connectivity index (χ0n) is 11.9. The molecule has 0 radical (unpaired) electrons. The summed E-state index contributed by atoms with van der Waals surface area (Å²) < 4.78 is 0. The minimum Gasteiger partial charge on any atom is -0.314 e. The number of piperazine rings is 1. The Morgan fingerprint density at radius 3 is 2.33 bits per heavy atom. The van der Waals surface area contributed by atoms with E-state index >= 15 is 0 Å². The SMILES string of the molecule is Cl.Cl.Clc1ccc(Cl)c([C@@H](C2CCC2)N2CCNCC2)c1. The smallest absolute Gasteiger partial charge is 0.0455 e. The van der Waals surface area contributed by atoms with Gasteiger partial charge >= 0.3 is 0 Å². The van der Waals surface area contributed by atoms with Gasteiger partial charge in [-0.1, -0.05) is 29.6 Å². The minimum absolute atomic E-state index is 0. The third kappa shape index (κ3) is 4.40. The summed E-state index contributed by atoms with van der Waals surface area (Å²) in [7, 11) is 0. The molecule has 0 aromatic heterocycles. The molecule has 2 fully saturated rings. The van der Waals surface area contributed by atoms with Gasteiger partial charge in [0.25, 0.3) is 0 Å². The van der Waals surface area contributed by atoms with Gasteiger partial charge in [-0.2, -0.15) is 0 Å². The van der Waals surface area contributed by atoms with Crippen molar-refractivity contribution >= 4 is 48.0 Å². The second-order valence-corrected chi connectivity index (χ2v) is 6.43. The molecule has 1 aromatic rings. The number of halogens is 4. The molecule has 2 nitrogen and oxygen atoms in total. The molecule has 0 unspecified atom stereocenters.